The minimum Gasteiger partial charge on any atom is -0.460 e. The zero-order valence-corrected chi connectivity index (χ0v) is 32.2. The first kappa shape index (κ1) is 39.7. The van der Waals surface area contributed by atoms with E-state index in [2.05, 4.69) is 68.9 Å². The number of aryl methyl sites for hydroxylation is 1. The first-order valence-electron chi connectivity index (χ1n) is 14.3. The molecule has 1 heterocycles. The Bertz CT molecular complexity index is 1020. The van der Waals surface area contributed by atoms with Crippen LogP contribution in [0, 0.1) is 0 Å². The van der Waals surface area contributed by atoms with Crippen molar-refractivity contribution in [1.82, 2.24) is 10.3 Å². The second-order valence-corrected chi connectivity index (χ2v) is 22.6. The Kier molecular flexibility index (Phi) is 16.4. The Hall–Kier alpha value is -0.363. The number of nitrogens with zero attached hydrogens (tertiary/aromatic N) is 1. The summed E-state index contributed by atoms with van der Waals surface area (Å²) in [6.07, 6.45) is 3.50. The lowest BCUT2D eigenvalue weighted by atomic mass is 10.1. The summed E-state index contributed by atoms with van der Waals surface area (Å²) < 4.78 is 16.8. The molecule has 0 radical (unpaired) electrons. The summed E-state index contributed by atoms with van der Waals surface area (Å²) in [5, 5.41) is 5.61. The van der Waals surface area contributed by atoms with Crippen molar-refractivity contribution < 1.29 is 23.5 Å². The van der Waals surface area contributed by atoms with Crippen LogP contribution in [0.15, 0.2) is 15.9 Å². The quantitative estimate of drug-likeness (QED) is 0.109. The fraction of sp³-hybridized carbons (Fsp3) is 0.759. The molecule has 1 aromatic heterocycles. The number of hydrogen-bond donors (Lipinski definition) is 1. The molecule has 242 valence electrons. The second-order valence-electron chi connectivity index (χ2n) is 12.5. The number of esters is 1. The minimum atomic E-state index is -2.10. The zero-order valence-electron chi connectivity index (χ0n) is 26.5. The minimum absolute atomic E-state index is 0.0858. The van der Waals surface area contributed by atoms with Crippen molar-refractivity contribution in [3.63, 3.8) is 0 Å². The van der Waals surface area contributed by atoms with E-state index in [-0.39, 0.29) is 6.10 Å². The molecule has 0 aliphatic rings. The largest absolute Gasteiger partial charge is 0.460 e. The van der Waals surface area contributed by atoms with Gasteiger partial charge in [0.2, 0.25) is 12.1 Å². The van der Waals surface area contributed by atoms with Gasteiger partial charge in [0.15, 0.2) is 0 Å². The molecule has 2 atom stereocenters. The smallest absolute Gasteiger partial charge is 0.408 e. The molecule has 0 bridgehead atoms. The Balaban J connectivity index is 2.97. The highest BCUT2D eigenvalue weighted by atomic mass is 79.9. The first-order valence-corrected chi connectivity index (χ1v) is 19.3. The molecule has 42 heavy (non-hydrogen) atoms. The van der Waals surface area contributed by atoms with Crippen molar-refractivity contribution in [1.29, 1.82) is 0 Å². The van der Waals surface area contributed by atoms with Crippen molar-refractivity contribution in [2.45, 2.75) is 133 Å². The summed E-state index contributed by atoms with van der Waals surface area (Å²) in [5.74, 6) is -0.698. The second kappa shape index (κ2) is 17.4. The number of ether oxygens (including phenoxy) is 2. The number of alkyl carbamates (subject to hydrolysis) is 1. The Morgan fingerprint density at radius 2 is 1.67 bits per heavy atom. The summed E-state index contributed by atoms with van der Waals surface area (Å²) in [5.41, 5.74) is 1.61. The molecule has 1 amide bonds. The molecule has 0 saturated carbocycles. The standard InChI is InChI=1S/C29H48BrCl3N2O5SSi/c1-18(2)42(19(3)4,20(5)6)40-23(14-21(7)30)15-25-34-22(16-41-25)12-11-13-24(26(36)38-17-29(31,32)33)35-27(37)39-28(8,9)10/h14,16,18-20,23-24H,11-13,15,17H2,1-10H3,(H,35,37)/b21-14+/t23-,24+/m0/s1. The van der Waals surface area contributed by atoms with Gasteiger partial charge in [0.1, 0.15) is 18.2 Å². The van der Waals surface area contributed by atoms with E-state index in [0.717, 1.165) is 15.2 Å². The normalized spacial score (nSPS) is 14.8. The maximum atomic E-state index is 12.7. The van der Waals surface area contributed by atoms with Gasteiger partial charge in [-0.25, -0.2) is 14.6 Å². The average molecular weight is 751 g/mol. The third-order valence-electron chi connectivity index (χ3n) is 6.73. The number of amides is 1. The van der Waals surface area contributed by atoms with Gasteiger partial charge in [-0.3, -0.25) is 0 Å². The molecule has 0 aliphatic carbocycles. The molecule has 13 heteroatoms. The van der Waals surface area contributed by atoms with E-state index in [1.165, 1.54) is 0 Å². The van der Waals surface area contributed by atoms with Gasteiger partial charge >= 0.3 is 12.1 Å². The van der Waals surface area contributed by atoms with Gasteiger partial charge in [-0.05, 0) is 74.1 Å². The Morgan fingerprint density at radius 1 is 1.10 bits per heavy atom. The summed E-state index contributed by atoms with van der Waals surface area (Å²) in [4.78, 5) is 29.9. The number of aromatic nitrogens is 1. The van der Waals surface area contributed by atoms with E-state index in [4.69, 9.17) is 53.7 Å². The van der Waals surface area contributed by atoms with Crippen LogP contribution in [0.4, 0.5) is 4.79 Å². The summed E-state index contributed by atoms with van der Waals surface area (Å²) in [6, 6.07) is -0.962. The van der Waals surface area contributed by atoms with E-state index < -0.39 is 42.4 Å². The predicted octanol–water partition coefficient (Wildman–Crippen LogP) is 9.67. The van der Waals surface area contributed by atoms with Gasteiger partial charge in [-0.15, -0.1) is 11.3 Å². The van der Waals surface area contributed by atoms with Crippen molar-refractivity contribution in [2.75, 3.05) is 6.61 Å². The van der Waals surface area contributed by atoms with Gasteiger partial charge < -0.3 is 19.2 Å². The van der Waals surface area contributed by atoms with E-state index in [0.29, 0.717) is 42.3 Å². The van der Waals surface area contributed by atoms with Crippen LogP contribution < -0.4 is 5.32 Å². The van der Waals surface area contributed by atoms with Crippen LogP contribution in [0.5, 0.6) is 0 Å². The Morgan fingerprint density at radius 3 is 2.14 bits per heavy atom. The molecule has 1 aromatic rings. The number of halogens is 4. The van der Waals surface area contributed by atoms with Crippen molar-refractivity contribution in [3.8, 4) is 0 Å². The van der Waals surface area contributed by atoms with E-state index >= 15 is 0 Å². The van der Waals surface area contributed by atoms with E-state index in [1.54, 1.807) is 32.1 Å². The molecule has 0 saturated heterocycles. The fourth-order valence-electron chi connectivity index (χ4n) is 5.23. The maximum absolute atomic E-state index is 12.7. The summed E-state index contributed by atoms with van der Waals surface area (Å²) >= 11 is 22.4. The van der Waals surface area contributed by atoms with Gasteiger partial charge in [0, 0.05) is 11.8 Å². The lowest BCUT2D eigenvalue weighted by Gasteiger charge is -2.44. The molecule has 0 spiro atoms. The van der Waals surface area contributed by atoms with Crippen LogP contribution in [0.1, 0.15) is 92.8 Å². The highest BCUT2D eigenvalue weighted by molar-refractivity contribution is 9.11. The monoisotopic (exact) mass is 748 g/mol. The van der Waals surface area contributed by atoms with Crippen molar-refractivity contribution >= 4 is 82.4 Å². The van der Waals surface area contributed by atoms with Gasteiger partial charge in [-0.1, -0.05) is 92.3 Å². The van der Waals surface area contributed by atoms with Gasteiger partial charge in [-0.2, -0.15) is 0 Å². The third-order valence-corrected chi connectivity index (χ3v) is 14.4. The molecule has 0 fully saturated rings. The molecule has 0 aliphatic heterocycles. The van der Waals surface area contributed by atoms with Gasteiger partial charge in [0.25, 0.3) is 0 Å². The molecule has 0 aromatic carbocycles. The highest BCUT2D eigenvalue weighted by Crippen LogP contribution is 2.43. The van der Waals surface area contributed by atoms with Crippen LogP contribution in [0.2, 0.25) is 16.6 Å². The summed E-state index contributed by atoms with van der Waals surface area (Å²) in [7, 11) is -2.10. The maximum Gasteiger partial charge on any atom is 0.408 e. The summed E-state index contributed by atoms with van der Waals surface area (Å²) in [6.45, 7) is 20.5. The van der Waals surface area contributed by atoms with Crippen LogP contribution in [0.25, 0.3) is 0 Å². The van der Waals surface area contributed by atoms with E-state index in [9.17, 15) is 9.59 Å². The molecule has 1 rings (SSSR count). The van der Waals surface area contributed by atoms with Crippen LogP contribution in [0.3, 0.4) is 0 Å². The van der Waals surface area contributed by atoms with Crippen molar-refractivity contribution in [2.24, 2.45) is 0 Å². The molecule has 7 nitrogen and oxygen atoms in total. The lowest BCUT2D eigenvalue weighted by Crippen LogP contribution is -2.50. The number of thiazole rings is 1. The third kappa shape index (κ3) is 14.2. The number of carbonyl (C=O) groups excluding carboxylic acids is 2. The van der Waals surface area contributed by atoms with Crippen LogP contribution >= 0.6 is 62.1 Å². The van der Waals surface area contributed by atoms with E-state index in [1.807, 2.05) is 12.3 Å². The fourth-order valence-corrected chi connectivity index (χ4v) is 12.1. The average Bonchev–Trinajstić information content (AvgIpc) is 3.24. The number of allylic oxidation sites excluding steroid dienone is 1. The molecule has 0 unspecified atom stereocenters. The van der Waals surface area contributed by atoms with Gasteiger partial charge in [0.05, 0.1) is 16.8 Å². The van der Waals surface area contributed by atoms with Crippen LogP contribution in [-0.4, -0.2) is 53.5 Å². The Labute approximate surface area is 281 Å². The number of nitrogens with one attached hydrogen (secondary N) is 1. The molecular formula is C29H48BrCl3N2O5SSi. The topological polar surface area (TPSA) is 86.8 Å². The molecule has 1 N–H and O–H groups in total. The SMILES string of the molecule is C/C(Br)=C\[C@@H](Cc1nc(CCC[C@@H](NC(=O)OC(C)(C)C)C(=O)OCC(Cl)(Cl)Cl)cs1)O[Si](C(C)C)(C(C)C)C(C)C. The number of hydrogen-bond acceptors (Lipinski definition) is 7. The number of alkyl halides is 3. The number of rotatable bonds is 15. The molecular weight excluding hydrogens is 703 g/mol. The van der Waals surface area contributed by atoms with Crippen LogP contribution in [-0.2, 0) is 31.5 Å². The zero-order chi connectivity index (χ0) is 32.5. The highest BCUT2D eigenvalue weighted by Gasteiger charge is 2.46. The van der Waals surface area contributed by atoms with Crippen molar-refractivity contribution in [3.05, 3.63) is 26.6 Å². The lowest BCUT2D eigenvalue weighted by molar-refractivity contribution is -0.146. The first-order chi connectivity index (χ1) is 19.2. The predicted molar refractivity (Wildman–Crippen MR) is 182 cm³/mol. The number of carbonyl (C=O) groups is 2.